The van der Waals surface area contributed by atoms with E-state index in [4.69, 9.17) is 17.0 Å². The Balaban J connectivity index is 2.23. The zero-order valence-electron chi connectivity index (χ0n) is 13.0. The first-order valence-electron chi connectivity index (χ1n) is 7.11. The van der Waals surface area contributed by atoms with Gasteiger partial charge in [-0.25, -0.2) is 0 Å². The van der Waals surface area contributed by atoms with E-state index in [9.17, 15) is 15.0 Å². The van der Waals surface area contributed by atoms with Crippen molar-refractivity contribution in [2.45, 2.75) is 37.9 Å². The summed E-state index contributed by atoms with van der Waals surface area (Å²) in [6.07, 6.45) is 3.85. The van der Waals surface area contributed by atoms with Crippen molar-refractivity contribution in [3.8, 4) is 0 Å². The predicted octanol–water partition coefficient (Wildman–Crippen LogP) is 0.933. The molecule has 0 amide bonds. The Morgan fingerprint density at radius 2 is 2.09 bits per heavy atom. The Morgan fingerprint density at radius 3 is 2.68 bits per heavy atom. The molecule has 1 fully saturated rings. The number of rotatable bonds is 4. The lowest BCUT2D eigenvalue weighted by Crippen LogP contribution is -2.32. The van der Waals surface area contributed by atoms with Gasteiger partial charge in [0.15, 0.2) is 11.0 Å². The molecular formula is C14H23N2O4PS. The molecule has 1 aromatic rings. The van der Waals surface area contributed by atoms with Crippen molar-refractivity contribution < 1.29 is 14.9 Å². The zero-order chi connectivity index (χ0) is 16.7. The fourth-order valence-electron chi connectivity index (χ4n) is 2.45. The second-order valence-corrected chi connectivity index (χ2v) is 11.2. The van der Waals surface area contributed by atoms with E-state index in [1.807, 2.05) is 0 Å². The average molecular weight is 346 g/mol. The fraction of sp³-hybridized carbons (Fsp3) is 0.643. The van der Waals surface area contributed by atoms with Crippen LogP contribution in [0.15, 0.2) is 11.0 Å². The zero-order valence-corrected chi connectivity index (χ0v) is 14.7. The van der Waals surface area contributed by atoms with E-state index in [2.05, 4.69) is 24.6 Å². The van der Waals surface area contributed by atoms with Gasteiger partial charge >= 0.3 is 0 Å². The molecule has 0 aliphatic carbocycles. The van der Waals surface area contributed by atoms with Crippen molar-refractivity contribution >= 4 is 25.4 Å². The third kappa shape index (κ3) is 3.78. The van der Waals surface area contributed by atoms with E-state index in [1.54, 1.807) is 13.1 Å². The average Bonchev–Trinajstić information content (AvgIpc) is 2.68. The molecule has 3 N–H and O–H groups in total. The molecule has 0 aromatic carbocycles. The maximum atomic E-state index is 11.5. The van der Waals surface area contributed by atoms with Crippen LogP contribution in [0.25, 0.3) is 0 Å². The minimum absolute atomic E-state index is 0.164. The number of hydrogen-bond donors (Lipinski definition) is 3. The molecule has 22 heavy (non-hydrogen) atoms. The number of aromatic amines is 1. The Kier molecular flexibility index (Phi) is 5.14. The van der Waals surface area contributed by atoms with Crippen molar-refractivity contribution in [2.24, 2.45) is 0 Å². The molecular weight excluding hydrogens is 323 g/mol. The van der Waals surface area contributed by atoms with Gasteiger partial charge in [-0.2, -0.15) is 0 Å². The normalized spacial score (nSPS) is 29.0. The van der Waals surface area contributed by atoms with Crippen LogP contribution in [0.1, 0.15) is 18.2 Å². The third-order valence-corrected chi connectivity index (χ3v) is 5.56. The first kappa shape index (κ1) is 17.6. The third-order valence-electron chi connectivity index (χ3n) is 3.78. The highest BCUT2D eigenvalue weighted by Gasteiger charge is 2.43. The van der Waals surface area contributed by atoms with Crippen LogP contribution in [0.5, 0.6) is 0 Å². The van der Waals surface area contributed by atoms with E-state index in [-0.39, 0.29) is 10.3 Å². The van der Waals surface area contributed by atoms with Crippen LogP contribution in [-0.2, 0) is 4.74 Å². The van der Waals surface area contributed by atoms with Gasteiger partial charge < -0.3 is 14.9 Å². The molecule has 1 aliphatic heterocycles. The fourth-order valence-corrected chi connectivity index (χ4v) is 3.65. The molecule has 6 nitrogen and oxygen atoms in total. The highest BCUT2D eigenvalue weighted by atomic mass is 32.1. The standard InChI is InChI=1S/C14H23N2O4PS/c1-8-7-16(14(22)15-12(8)19)13-11(18)10(17)9(20-13)5-6-21(2,3)4/h7,9-11,13,17-18H,2,5-6H2,1,3-4H3,(H,15,19,22)/t9-,10-,11-,13?/m1/s1. The summed E-state index contributed by atoms with van der Waals surface area (Å²) in [4.78, 5) is 14.1. The van der Waals surface area contributed by atoms with E-state index in [0.29, 0.717) is 12.0 Å². The number of aliphatic hydroxyl groups is 2. The van der Waals surface area contributed by atoms with Gasteiger partial charge in [0.05, 0.1) is 6.10 Å². The van der Waals surface area contributed by atoms with Crippen LogP contribution in [0.3, 0.4) is 0 Å². The quantitative estimate of drug-likeness (QED) is 0.558. The van der Waals surface area contributed by atoms with Crippen molar-refractivity contribution in [1.82, 2.24) is 9.55 Å². The number of ether oxygens (including phenoxy) is 1. The second kappa shape index (κ2) is 6.42. The molecule has 1 aliphatic rings. The van der Waals surface area contributed by atoms with Crippen molar-refractivity contribution in [3.63, 3.8) is 0 Å². The summed E-state index contributed by atoms with van der Waals surface area (Å²) < 4.78 is 7.46. The van der Waals surface area contributed by atoms with E-state index >= 15 is 0 Å². The van der Waals surface area contributed by atoms with Crippen LogP contribution in [0.4, 0.5) is 0 Å². The summed E-state index contributed by atoms with van der Waals surface area (Å²) in [7, 11) is 0. The van der Waals surface area contributed by atoms with E-state index in [0.717, 1.165) is 6.16 Å². The van der Waals surface area contributed by atoms with Gasteiger partial charge in [0.25, 0.3) is 5.56 Å². The molecule has 1 unspecified atom stereocenters. The van der Waals surface area contributed by atoms with Crippen molar-refractivity contribution in [1.29, 1.82) is 0 Å². The largest absolute Gasteiger partial charge is 0.388 e. The number of aromatic nitrogens is 2. The highest BCUT2D eigenvalue weighted by molar-refractivity contribution is 7.72. The maximum Gasteiger partial charge on any atom is 0.254 e. The van der Waals surface area contributed by atoms with E-state index < -0.39 is 31.4 Å². The smallest absolute Gasteiger partial charge is 0.254 e. The number of aliphatic hydroxyl groups excluding tert-OH is 2. The molecule has 0 saturated carbocycles. The highest BCUT2D eigenvalue weighted by Crippen LogP contribution is 2.39. The van der Waals surface area contributed by atoms with Crippen LogP contribution >= 0.6 is 19.1 Å². The molecule has 8 heteroatoms. The van der Waals surface area contributed by atoms with Gasteiger partial charge in [-0.3, -0.25) is 14.3 Å². The first-order chi connectivity index (χ1) is 10.1. The van der Waals surface area contributed by atoms with E-state index in [1.165, 1.54) is 4.57 Å². The summed E-state index contributed by atoms with van der Waals surface area (Å²) in [6.45, 7) is 4.65. The van der Waals surface area contributed by atoms with Crippen LogP contribution in [0.2, 0.25) is 0 Å². The molecule has 4 atom stereocenters. The predicted molar refractivity (Wildman–Crippen MR) is 91.9 cm³/mol. The summed E-state index contributed by atoms with van der Waals surface area (Å²) >= 11 is 5.12. The molecule has 0 bridgehead atoms. The number of H-pyrrole nitrogens is 1. The van der Waals surface area contributed by atoms with Crippen molar-refractivity contribution in [2.75, 3.05) is 19.5 Å². The molecule has 1 aromatic heterocycles. The van der Waals surface area contributed by atoms with Gasteiger partial charge in [0.1, 0.15) is 12.2 Å². The number of aryl methyl sites for hydroxylation is 1. The first-order valence-corrected chi connectivity index (χ1v) is 10.6. The Bertz CT molecular complexity index is 708. The molecule has 0 spiro atoms. The van der Waals surface area contributed by atoms with Crippen LogP contribution in [0, 0.1) is 11.7 Å². The van der Waals surface area contributed by atoms with Gasteiger partial charge in [-0.05, 0) is 45.1 Å². The molecule has 0 radical (unpaired) electrons. The molecule has 2 rings (SSSR count). The lowest BCUT2D eigenvalue weighted by molar-refractivity contribution is -0.0392. The minimum atomic E-state index is -1.23. The SMILES string of the molecule is C=P(C)(C)CC[C@H]1OC(n2cc(C)c(=O)[nH]c2=S)[C@H](O)[C@@H]1O. The Labute approximate surface area is 134 Å². The van der Waals surface area contributed by atoms with Crippen molar-refractivity contribution in [3.05, 3.63) is 26.9 Å². The van der Waals surface area contributed by atoms with Gasteiger partial charge in [0.2, 0.25) is 0 Å². The Morgan fingerprint density at radius 1 is 1.45 bits per heavy atom. The molecule has 124 valence electrons. The molecule has 1 saturated heterocycles. The maximum absolute atomic E-state index is 11.5. The summed E-state index contributed by atoms with van der Waals surface area (Å²) in [5.41, 5.74) is 0.196. The summed E-state index contributed by atoms with van der Waals surface area (Å²) in [5, 5.41) is 20.5. The number of nitrogens with one attached hydrogen (secondary N) is 1. The topological polar surface area (TPSA) is 87.5 Å². The summed E-state index contributed by atoms with van der Waals surface area (Å²) in [5.74, 6) is 0. The summed E-state index contributed by atoms with van der Waals surface area (Å²) in [6, 6.07) is 0. The lowest BCUT2D eigenvalue weighted by Gasteiger charge is -2.19. The second-order valence-electron chi connectivity index (χ2n) is 6.47. The number of hydrogen-bond acceptors (Lipinski definition) is 5. The number of nitrogens with zero attached hydrogens (tertiary/aromatic N) is 1. The monoisotopic (exact) mass is 346 g/mol. The van der Waals surface area contributed by atoms with Gasteiger partial charge in [-0.1, -0.05) is 0 Å². The minimum Gasteiger partial charge on any atom is -0.388 e. The molecule has 2 heterocycles. The Hall–Kier alpha value is -0.720. The lowest BCUT2D eigenvalue weighted by atomic mass is 10.1. The van der Waals surface area contributed by atoms with Gasteiger partial charge in [0, 0.05) is 11.8 Å². The van der Waals surface area contributed by atoms with Crippen LogP contribution < -0.4 is 5.56 Å². The van der Waals surface area contributed by atoms with Crippen LogP contribution in [-0.4, -0.2) is 63.9 Å². The van der Waals surface area contributed by atoms with Gasteiger partial charge in [-0.15, -0.1) is 13.2 Å².